The van der Waals surface area contributed by atoms with E-state index < -0.39 is 5.60 Å². The molecule has 0 spiro atoms. The fraction of sp³-hybridized carbons (Fsp3) is 0.842. The minimum atomic E-state index is -0.428. The van der Waals surface area contributed by atoms with E-state index in [2.05, 4.69) is 33.8 Å². The van der Waals surface area contributed by atoms with Crippen LogP contribution in [0.2, 0.25) is 0 Å². The van der Waals surface area contributed by atoms with E-state index in [-0.39, 0.29) is 30.5 Å². The molecule has 0 amide bonds. The van der Waals surface area contributed by atoms with Crippen LogP contribution >= 0.6 is 0 Å². The second kappa shape index (κ2) is 8.45. The summed E-state index contributed by atoms with van der Waals surface area (Å²) in [5.41, 5.74) is 0.872. The van der Waals surface area contributed by atoms with Gasteiger partial charge in [-0.15, -0.1) is 0 Å². The molecular weight excluding hydrogens is 308 g/mol. The molecule has 0 radical (unpaired) electrons. The molecule has 2 unspecified atom stereocenters. The van der Waals surface area contributed by atoms with Gasteiger partial charge < -0.3 is 9.47 Å². The summed E-state index contributed by atoms with van der Waals surface area (Å²) in [6.45, 7) is 8.56. The molecule has 0 aliphatic carbocycles. The lowest BCUT2D eigenvalue weighted by molar-refractivity contribution is -0.409. The number of carbonyl (C=O) groups is 1. The number of epoxide rings is 1. The Balaban J connectivity index is 2.11. The third kappa shape index (κ3) is 4.38. The molecule has 0 saturated carbocycles. The van der Waals surface area contributed by atoms with Crippen molar-refractivity contribution in [3.05, 3.63) is 11.6 Å². The number of carbonyl (C=O) groups excluding carboxylic acids is 1. The SMILES string of the molecule is CC/C(=C\[C@@]1(CC)CC(CC)C(CC(=O)OC)OO1)[C@@H]1O[C@H]1CC. The van der Waals surface area contributed by atoms with Crippen molar-refractivity contribution >= 4 is 5.97 Å². The van der Waals surface area contributed by atoms with Gasteiger partial charge in [0.05, 0.1) is 19.6 Å². The van der Waals surface area contributed by atoms with Crippen molar-refractivity contribution < 1.29 is 24.0 Å². The molecule has 138 valence electrons. The Kier molecular flexibility index (Phi) is 6.84. The molecule has 2 saturated heterocycles. The van der Waals surface area contributed by atoms with Gasteiger partial charge in [0.15, 0.2) is 0 Å². The highest BCUT2D eigenvalue weighted by Gasteiger charge is 2.45. The van der Waals surface area contributed by atoms with Crippen LogP contribution in [0.1, 0.15) is 66.2 Å². The standard InChI is InChI=1S/C19H32O5/c1-6-13-11-19(9-4,24-23-16(13)10-17(20)21-5)12-14(7-2)18-15(8-3)22-18/h12-13,15-16,18H,6-11H2,1-5H3/b14-12+/t13?,15-,16?,18-,19+/m0/s1. The normalized spacial score (nSPS) is 36.5. The van der Waals surface area contributed by atoms with E-state index in [4.69, 9.17) is 19.2 Å². The molecule has 0 aromatic heterocycles. The zero-order valence-electron chi connectivity index (χ0n) is 15.7. The third-order valence-electron chi connectivity index (χ3n) is 5.40. The average Bonchev–Trinajstić information content (AvgIpc) is 3.40. The first-order valence-electron chi connectivity index (χ1n) is 9.30. The second-order valence-electron chi connectivity index (χ2n) is 6.87. The summed E-state index contributed by atoms with van der Waals surface area (Å²) in [6.07, 6.45) is 7.44. The van der Waals surface area contributed by atoms with Gasteiger partial charge >= 0.3 is 5.97 Å². The Labute approximate surface area is 145 Å². The van der Waals surface area contributed by atoms with Crippen LogP contribution < -0.4 is 0 Å². The Morgan fingerprint density at radius 1 is 1.21 bits per heavy atom. The molecule has 0 N–H and O–H groups in total. The molecule has 2 aliphatic rings. The van der Waals surface area contributed by atoms with Crippen molar-refractivity contribution in [2.45, 2.75) is 90.1 Å². The molecular formula is C19H32O5. The highest BCUT2D eigenvalue weighted by atomic mass is 17.2. The summed E-state index contributed by atoms with van der Waals surface area (Å²) < 4.78 is 10.5. The summed E-state index contributed by atoms with van der Waals surface area (Å²) in [5, 5.41) is 0. The summed E-state index contributed by atoms with van der Waals surface area (Å²) in [7, 11) is 1.40. The van der Waals surface area contributed by atoms with Gasteiger partial charge in [0.1, 0.15) is 17.8 Å². The zero-order chi connectivity index (χ0) is 17.7. The van der Waals surface area contributed by atoms with E-state index in [0.717, 1.165) is 32.1 Å². The topological polar surface area (TPSA) is 57.3 Å². The number of esters is 1. The fourth-order valence-corrected chi connectivity index (χ4v) is 3.59. The predicted octanol–water partition coefficient (Wildman–Crippen LogP) is 3.96. The first-order chi connectivity index (χ1) is 11.5. The Morgan fingerprint density at radius 2 is 1.96 bits per heavy atom. The van der Waals surface area contributed by atoms with Crippen LogP contribution in [0.15, 0.2) is 11.6 Å². The van der Waals surface area contributed by atoms with E-state index in [0.29, 0.717) is 6.10 Å². The van der Waals surface area contributed by atoms with Gasteiger partial charge in [0.2, 0.25) is 0 Å². The van der Waals surface area contributed by atoms with Crippen molar-refractivity contribution in [1.82, 2.24) is 0 Å². The number of rotatable bonds is 8. The lowest BCUT2D eigenvalue weighted by Crippen LogP contribution is -2.44. The smallest absolute Gasteiger partial charge is 0.308 e. The molecule has 5 heteroatoms. The van der Waals surface area contributed by atoms with Crippen molar-refractivity contribution in [1.29, 1.82) is 0 Å². The predicted molar refractivity (Wildman–Crippen MR) is 91.3 cm³/mol. The van der Waals surface area contributed by atoms with E-state index in [1.54, 1.807) is 0 Å². The molecule has 5 nitrogen and oxygen atoms in total. The lowest BCUT2D eigenvalue weighted by Gasteiger charge is -2.41. The number of hydrogen-bond acceptors (Lipinski definition) is 5. The molecule has 2 heterocycles. The largest absolute Gasteiger partial charge is 0.469 e. The fourth-order valence-electron chi connectivity index (χ4n) is 3.59. The van der Waals surface area contributed by atoms with Gasteiger partial charge in [-0.25, -0.2) is 9.78 Å². The van der Waals surface area contributed by atoms with Crippen LogP contribution in [0, 0.1) is 5.92 Å². The molecule has 2 fully saturated rings. The van der Waals surface area contributed by atoms with Gasteiger partial charge in [-0.3, -0.25) is 4.79 Å². The summed E-state index contributed by atoms with van der Waals surface area (Å²) in [4.78, 5) is 23.1. The Hall–Kier alpha value is -0.910. The van der Waals surface area contributed by atoms with Crippen molar-refractivity contribution in [3.8, 4) is 0 Å². The lowest BCUT2D eigenvalue weighted by atomic mass is 9.80. The van der Waals surface area contributed by atoms with Crippen LogP contribution in [-0.2, 0) is 24.0 Å². The maximum Gasteiger partial charge on any atom is 0.308 e. The molecule has 5 atom stereocenters. The minimum Gasteiger partial charge on any atom is -0.469 e. The molecule has 24 heavy (non-hydrogen) atoms. The Morgan fingerprint density at radius 3 is 2.46 bits per heavy atom. The average molecular weight is 340 g/mol. The number of hydrogen-bond donors (Lipinski definition) is 0. The maximum absolute atomic E-state index is 11.6. The highest BCUT2D eigenvalue weighted by molar-refractivity contribution is 5.69. The van der Waals surface area contributed by atoms with Gasteiger partial charge in [0, 0.05) is 0 Å². The molecule has 2 aliphatic heterocycles. The van der Waals surface area contributed by atoms with E-state index in [9.17, 15) is 4.79 Å². The molecule has 0 bridgehead atoms. The minimum absolute atomic E-state index is 0.235. The van der Waals surface area contributed by atoms with E-state index in [1.165, 1.54) is 12.7 Å². The van der Waals surface area contributed by atoms with Gasteiger partial charge in [-0.05, 0) is 43.3 Å². The molecule has 2 rings (SSSR count). The van der Waals surface area contributed by atoms with Crippen molar-refractivity contribution in [2.75, 3.05) is 7.11 Å². The summed E-state index contributed by atoms with van der Waals surface area (Å²) in [5.74, 6) is 0.0160. The van der Waals surface area contributed by atoms with E-state index in [1.807, 2.05) is 0 Å². The van der Waals surface area contributed by atoms with Gasteiger partial charge in [0.25, 0.3) is 0 Å². The van der Waals surface area contributed by atoms with Crippen LogP contribution in [0.25, 0.3) is 0 Å². The molecule has 0 aromatic rings. The first-order valence-corrected chi connectivity index (χ1v) is 9.30. The van der Waals surface area contributed by atoms with Crippen LogP contribution in [-0.4, -0.2) is 37.0 Å². The Bertz CT molecular complexity index is 461. The maximum atomic E-state index is 11.6. The van der Waals surface area contributed by atoms with Crippen molar-refractivity contribution in [3.63, 3.8) is 0 Å². The van der Waals surface area contributed by atoms with Gasteiger partial charge in [-0.1, -0.05) is 34.1 Å². The zero-order valence-corrected chi connectivity index (χ0v) is 15.7. The monoisotopic (exact) mass is 340 g/mol. The van der Waals surface area contributed by atoms with Crippen LogP contribution in [0.5, 0.6) is 0 Å². The quantitative estimate of drug-likeness (QED) is 0.290. The summed E-state index contributed by atoms with van der Waals surface area (Å²) >= 11 is 0. The first kappa shape index (κ1) is 19.4. The van der Waals surface area contributed by atoms with Crippen LogP contribution in [0.3, 0.4) is 0 Å². The third-order valence-corrected chi connectivity index (χ3v) is 5.40. The second-order valence-corrected chi connectivity index (χ2v) is 6.87. The van der Waals surface area contributed by atoms with Crippen molar-refractivity contribution in [2.24, 2.45) is 5.92 Å². The number of ether oxygens (including phenoxy) is 2. The summed E-state index contributed by atoms with van der Waals surface area (Å²) in [6, 6.07) is 0. The van der Waals surface area contributed by atoms with Crippen LogP contribution in [0.4, 0.5) is 0 Å². The molecule has 0 aromatic carbocycles. The number of methoxy groups -OCH3 is 1. The van der Waals surface area contributed by atoms with Gasteiger partial charge in [-0.2, -0.15) is 0 Å². The van der Waals surface area contributed by atoms with E-state index >= 15 is 0 Å². The highest BCUT2D eigenvalue weighted by Crippen LogP contribution is 2.41.